The number of hydrogen-bond donors (Lipinski definition) is 1. The molecule has 0 radical (unpaired) electrons. The normalized spacial score (nSPS) is 16.6. The lowest BCUT2D eigenvalue weighted by atomic mass is 9.88. The molecule has 1 fully saturated rings. The summed E-state index contributed by atoms with van der Waals surface area (Å²) >= 11 is 0. The van der Waals surface area contributed by atoms with Crippen LogP contribution in [0, 0.1) is 11.7 Å². The molecule has 0 unspecified atom stereocenters. The summed E-state index contributed by atoms with van der Waals surface area (Å²) in [6.45, 7) is 1.98. The van der Waals surface area contributed by atoms with Crippen molar-refractivity contribution in [1.82, 2.24) is 4.90 Å². The Labute approximate surface area is 157 Å². The summed E-state index contributed by atoms with van der Waals surface area (Å²) in [4.78, 5) is 26.0. The van der Waals surface area contributed by atoms with Crippen molar-refractivity contribution in [3.05, 3.63) is 71.5 Å². The van der Waals surface area contributed by atoms with Gasteiger partial charge in [0.05, 0.1) is 0 Å². The van der Waals surface area contributed by atoms with E-state index in [9.17, 15) is 14.0 Å². The Kier molecular flexibility index (Phi) is 6.19. The molecule has 5 nitrogen and oxygen atoms in total. The minimum atomic E-state index is -0.801. The summed E-state index contributed by atoms with van der Waals surface area (Å²) in [6.07, 6.45) is 0.195. The molecule has 27 heavy (non-hydrogen) atoms. The van der Waals surface area contributed by atoms with Crippen molar-refractivity contribution < 1.29 is 18.7 Å². The number of piperidine rings is 1. The smallest absolute Gasteiger partial charge is 0.405 e. The number of hydrogen-bond acceptors (Lipinski definition) is 4. The summed E-state index contributed by atoms with van der Waals surface area (Å²) < 4.78 is 18.3. The van der Waals surface area contributed by atoms with Crippen LogP contribution in [0.5, 0.6) is 0 Å². The van der Waals surface area contributed by atoms with Crippen molar-refractivity contribution in [2.45, 2.75) is 18.9 Å². The Hall–Kier alpha value is -2.73. The average molecular weight is 370 g/mol. The second kappa shape index (κ2) is 8.77. The van der Waals surface area contributed by atoms with Crippen molar-refractivity contribution in [3.8, 4) is 0 Å². The largest absolute Gasteiger partial charge is 0.440 e. The fraction of sp³-hybridized carbons (Fsp3) is 0.333. The van der Waals surface area contributed by atoms with Crippen LogP contribution in [0.1, 0.15) is 34.9 Å². The third-order valence-corrected chi connectivity index (χ3v) is 4.94. The van der Waals surface area contributed by atoms with Crippen LogP contribution >= 0.6 is 0 Å². The molecule has 1 heterocycles. The summed E-state index contributed by atoms with van der Waals surface area (Å²) in [5, 5.41) is 0. The standard InChI is InChI=1S/C21H23FN2O3/c22-18-8-6-16(7-9-18)20(25)17-10-12-24(13-11-17)14-19(27-21(23)26)15-4-2-1-3-5-15/h1-9,17,19H,10-14H2,(H2,23,26)/t19-/m1/s1. The number of halogens is 1. The average Bonchev–Trinajstić information content (AvgIpc) is 2.68. The number of carbonyl (C=O) groups is 2. The Balaban J connectivity index is 1.58. The van der Waals surface area contributed by atoms with E-state index in [1.807, 2.05) is 30.3 Å². The zero-order chi connectivity index (χ0) is 19.2. The Morgan fingerprint density at radius 3 is 2.30 bits per heavy atom. The maximum Gasteiger partial charge on any atom is 0.405 e. The molecule has 1 amide bonds. The van der Waals surface area contributed by atoms with Gasteiger partial charge in [0, 0.05) is 18.0 Å². The van der Waals surface area contributed by atoms with Gasteiger partial charge in [0.25, 0.3) is 0 Å². The Bertz CT molecular complexity index is 772. The number of likely N-dealkylation sites (tertiary alicyclic amines) is 1. The lowest BCUT2D eigenvalue weighted by molar-refractivity contribution is 0.0598. The van der Waals surface area contributed by atoms with Crippen LogP contribution in [0.25, 0.3) is 0 Å². The molecule has 1 atom stereocenters. The molecule has 3 rings (SSSR count). The fourth-order valence-electron chi connectivity index (χ4n) is 3.48. The lowest BCUT2D eigenvalue weighted by Gasteiger charge is -2.33. The zero-order valence-electron chi connectivity index (χ0n) is 15.0. The van der Waals surface area contributed by atoms with E-state index in [4.69, 9.17) is 10.5 Å². The molecule has 1 aliphatic heterocycles. The van der Waals surface area contributed by atoms with Gasteiger partial charge in [0.2, 0.25) is 0 Å². The maximum absolute atomic E-state index is 13.0. The molecule has 0 bridgehead atoms. The van der Waals surface area contributed by atoms with Crippen molar-refractivity contribution >= 4 is 11.9 Å². The van der Waals surface area contributed by atoms with E-state index in [0.717, 1.165) is 18.7 Å². The quantitative estimate of drug-likeness (QED) is 0.789. The van der Waals surface area contributed by atoms with Crippen LogP contribution in [0.4, 0.5) is 9.18 Å². The maximum atomic E-state index is 13.0. The van der Waals surface area contributed by atoms with Gasteiger partial charge in [-0.2, -0.15) is 0 Å². The Morgan fingerprint density at radius 1 is 1.07 bits per heavy atom. The van der Waals surface area contributed by atoms with Gasteiger partial charge in [-0.1, -0.05) is 30.3 Å². The molecule has 0 aromatic heterocycles. The third kappa shape index (κ3) is 5.14. The Morgan fingerprint density at radius 2 is 1.70 bits per heavy atom. The number of ketones is 1. The highest BCUT2D eigenvalue weighted by Crippen LogP contribution is 2.25. The second-order valence-corrected chi connectivity index (χ2v) is 6.78. The number of ether oxygens (including phenoxy) is 1. The van der Waals surface area contributed by atoms with E-state index in [0.29, 0.717) is 24.9 Å². The molecule has 1 aliphatic rings. The van der Waals surface area contributed by atoms with E-state index in [1.165, 1.54) is 24.3 Å². The molecule has 2 aromatic carbocycles. The molecule has 0 spiro atoms. The van der Waals surface area contributed by atoms with Crippen LogP contribution in [0.3, 0.4) is 0 Å². The number of rotatable bonds is 6. The first-order valence-corrected chi connectivity index (χ1v) is 9.06. The SMILES string of the molecule is NC(=O)O[C@H](CN1CCC(C(=O)c2ccc(F)cc2)CC1)c1ccccc1. The highest BCUT2D eigenvalue weighted by Gasteiger charge is 2.28. The lowest BCUT2D eigenvalue weighted by Crippen LogP contribution is -2.39. The van der Waals surface area contributed by atoms with E-state index in [1.54, 1.807) is 0 Å². The van der Waals surface area contributed by atoms with Gasteiger partial charge in [-0.25, -0.2) is 9.18 Å². The highest BCUT2D eigenvalue weighted by molar-refractivity contribution is 5.97. The fourth-order valence-corrected chi connectivity index (χ4v) is 3.48. The summed E-state index contributed by atoms with van der Waals surface area (Å²) in [7, 11) is 0. The topological polar surface area (TPSA) is 72.6 Å². The molecular formula is C21H23FN2O3. The number of amides is 1. The number of Topliss-reactive ketones (excluding diaryl/α,β-unsaturated/α-hetero) is 1. The highest BCUT2D eigenvalue weighted by atomic mass is 19.1. The second-order valence-electron chi connectivity index (χ2n) is 6.78. The number of benzene rings is 2. The van der Waals surface area contributed by atoms with Gasteiger partial charge in [0.1, 0.15) is 11.9 Å². The summed E-state index contributed by atoms with van der Waals surface area (Å²) in [5.41, 5.74) is 6.66. The van der Waals surface area contributed by atoms with Gasteiger partial charge in [-0.3, -0.25) is 9.69 Å². The molecule has 2 N–H and O–H groups in total. The van der Waals surface area contributed by atoms with Crippen molar-refractivity contribution in [2.24, 2.45) is 11.7 Å². The molecule has 2 aromatic rings. The predicted octanol–water partition coefficient (Wildman–Crippen LogP) is 3.56. The molecule has 142 valence electrons. The van der Waals surface area contributed by atoms with Crippen molar-refractivity contribution in [1.29, 1.82) is 0 Å². The van der Waals surface area contributed by atoms with Crippen LogP contribution in [0.15, 0.2) is 54.6 Å². The van der Waals surface area contributed by atoms with Gasteiger partial charge in [0.15, 0.2) is 5.78 Å². The molecule has 0 aliphatic carbocycles. The van der Waals surface area contributed by atoms with Crippen LogP contribution in [0.2, 0.25) is 0 Å². The number of nitrogens with zero attached hydrogens (tertiary/aromatic N) is 1. The van der Waals surface area contributed by atoms with E-state index < -0.39 is 12.2 Å². The van der Waals surface area contributed by atoms with E-state index >= 15 is 0 Å². The first-order chi connectivity index (χ1) is 13.0. The third-order valence-electron chi connectivity index (χ3n) is 4.94. The predicted molar refractivity (Wildman–Crippen MR) is 99.7 cm³/mol. The van der Waals surface area contributed by atoms with Crippen molar-refractivity contribution in [2.75, 3.05) is 19.6 Å². The summed E-state index contributed by atoms with van der Waals surface area (Å²) in [5.74, 6) is -0.357. The molecule has 6 heteroatoms. The van der Waals surface area contributed by atoms with E-state index in [-0.39, 0.29) is 17.5 Å². The number of primary amides is 1. The van der Waals surface area contributed by atoms with Gasteiger partial charge in [-0.15, -0.1) is 0 Å². The van der Waals surface area contributed by atoms with Gasteiger partial charge < -0.3 is 10.5 Å². The van der Waals surface area contributed by atoms with Gasteiger partial charge >= 0.3 is 6.09 Å². The summed E-state index contributed by atoms with van der Waals surface area (Å²) in [6, 6.07) is 15.2. The first kappa shape index (κ1) is 19.0. The zero-order valence-corrected chi connectivity index (χ0v) is 15.0. The van der Waals surface area contributed by atoms with Crippen LogP contribution in [-0.4, -0.2) is 36.4 Å². The molecular weight excluding hydrogens is 347 g/mol. The number of nitrogens with two attached hydrogens (primary N) is 1. The molecule has 1 saturated heterocycles. The molecule has 0 saturated carbocycles. The monoisotopic (exact) mass is 370 g/mol. The first-order valence-electron chi connectivity index (χ1n) is 9.06. The van der Waals surface area contributed by atoms with Gasteiger partial charge in [-0.05, 0) is 55.8 Å². The van der Waals surface area contributed by atoms with E-state index in [2.05, 4.69) is 4.90 Å². The number of carbonyl (C=O) groups excluding carboxylic acids is 2. The minimum Gasteiger partial charge on any atom is -0.440 e. The van der Waals surface area contributed by atoms with Crippen LogP contribution < -0.4 is 5.73 Å². The van der Waals surface area contributed by atoms with Crippen LogP contribution in [-0.2, 0) is 4.74 Å². The minimum absolute atomic E-state index is 0.0580. The van der Waals surface area contributed by atoms with Crippen molar-refractivity contribution in [3.63, 3.8) is 0 Å².